The summed E-state index contributed by atoms with van der Waals surface area (Å²) in [7, 11) is -3.34. The maximum atomic E-state index is 12.1. The number of rotatable bonds is 5. The predicted molar refractivity (Wildman–Crippen MR) is 73.3 cm³/mol. The SMILES string of the molecule is CCCCNS(=O)(=O)c1ccc2c(c1)CCCN2. The van der Waals surface area contributed by atoms with E-state index in [-0.39, 0.29) is 0 Å². The van der Waals surface area contributed by atoms with Gasteiger partial charge < -0.3 is 5.32 Å². The molecular weight excluding hydrogens is 248 g/mol. The van der Waals surface area contributed by atoms with Crippen molar-refractivity contribution < 1.29 is 8.42 Å². The van der Waals surface area contributed by atoms with Crippen LogP contribution in [-0.2, 0) is 16.4 Å². The summed E-state index contributed by atoms with van der Waals surface area (Å²) < 4.78 is 26.8. The van der Waals surface area contributed by atoms with Crippen LogP contribution in [0, 0.1) is 0 Å². The third kappa shape index (κ3) is 3.03. The van der Waals surface area contributed by atoms with Crippen molar-refractivity contribution in [1.82, 2.24) is 4.72 Å². The van der Waals surface area contributed by atoms with Gasteiger partial charge in [-0.3, -0.25) is 0 Å². The van der Waals surface area contributed by atoms with Gasteiger partial charge in [-0.05, 0) is 43.0 Å². The molecule has 1 aliphatic heterocycles. The van der Waals surface area contributed by atoms with E-state index in [1.165, 1.54) is 0 Å². The Morgan fingerprint density at radius 3 is 3.00 bits per heavy atom. The van der Waals surface area contributed by atoms with E-state index in [0.29, 0.717) is 11.4 Å². The summed E-state index contributed by atoms with van der Waals surface area (Å²) >= 11 is 0. The molecule has 1 heterocycles. The van der Waals surface area contributed by atoms with Crippen LogP contribution in [0.25, 0.3) is 0 Å². The zero-order valence-corrected chi connectivity index (χ0v) is 11.5. The topological polar surface area (TPSA) is 58.2 Å². The van der Waals surface area contributed by atoms with Gasteiger partial charge in [0.2, 0.25) is 10.0 Å². The van der Waals surface area contributed by atoms with E-state index in [1.54, 1.807) is 12.1 Å². The zero-order valence-electron chi connectivity index (χ0n) is 10.7. The molecule has 0 amide bonds. The minimum atomic E-state index is -3.34. The maximum absolute atomic E-state index is 12.1. The number of nitrogens with one attached hydrogen (secondary N) is 2. The van der Waals surface area contributed by atoms with Crippen LogP contribution in [0.2, 0.25) is 0 Å². The van der Waals surface area contributed by atoms with Crippen LogP contribution in [0.3, 0.4) is 0 Å². The Balaban J connectivity index is 2.17. The number of hydrogen-bond acceptors (Lipinski definition) is 3. The molecule has 100 valence electrons. The summed E-state index contributed by atoms with van der Waals surface area (Å²) in [6.07, 6.45) is 3.85. The molecule has 0 saturated carbocycles. The molecule has 0 spiro atoms. The second kappa shape index (κ2) is 5.71. The molecule has 4 nitrogen and oxygen atoms in total. The van der Waals surface area contributed by atoms with Gasteiger partial charge in [-0.25, -0.2) is 13.1 Å². The Kier molecular flexibility index (Phi) is 4.24. The number of benzene rings is 1. The Morgan fingerprint density at radius 1 is 1.39 bits per heavy atom. The summed E-state index contributed by atoms with van der Waals surface area (Å²) in [5, 5.41) is 3.28. The van der Waals surface area contributed by atoms with Gasteiger partial charge in [0.25, 0.3) is 0 Å². The minimum Gasteiger partial charge on any atom is -0.385 e. The number of unbranched alkanes of at least 4 members (excludes halogenated alkanes) is 1. The van der Waals surface area contributed by atoms with Gasteiger partial charge in [0.15, 0.2) is 0 Å². The molecule has 0 aliphatic carbocycles. The monoisotopic (exact) mass is 268 g/mol. The second-order valence-corrected chi connectivity index (χ2v) is 6.37. The lowest BCUT2D eigenvalue weighted by atomic mass is 10.0. The molecule has 0 radical (unpaired) electrons. The van der Waals surface area contributed by atoms with E-state index in [4.69, 9.17) is 0 Å². The van der Waals surface area contributed by atoms with Crippen molar-refractivity contribution in [2.24, 2.45) is 0 Å². The molecule has 0 saturated heterocycles. The van der Waals surface area contributed by atoms with E-state index in [9.17, 15) is 8.42 Å². The summed E-state index contributed by atoms with van der Waals surface area (Å²) in [4.78, 5) is 0.376. The first-order valence-corrected chi connectivity index (χ1v) is 7.98. The highest BCUT2D eigenvalue weighted by Gasteiger charge is 2.16. The first-order chi connectivity index (χ1) is 8.63. The lowest BCUT2D eigenvalue weighted by molar-refractivity contribution is 0.578. The normalized spacial score (nSPS) is 14.9. The fraction of sp³-hybridized carbons (Fsp3) is 0.538. The lowest BCUT2D eigenvalue weighted by Gasteiger charge is -2.18. The summed E-state index contributed by atoms with van der Waals surface area (Å²) in [6, 6.07) is 5.32. The number of sulfonamides is 1. The first-order valence-electron chi connectivity index (χ1n) is 6.50. The summed E-state index contributed by atoms with van der Waals surface area (Å²) in [5.41, 5.74) is 2.16. The standard InChI is InChI=1S/C13H20N2O2S/c1-2-3-9-15-18(16,17)12-6-7-13-11(10-12)5-4-8-14-13/h6-7,10,14-15H,2-5,8-9H2,1H3. The van der Waals surface area contributed by atoms with Gasteiger partial charge in [-0.2, -0.15) is 0 Å². The van der Waals surface area contributed by atoms with Crippen molar-refractivity contribution in [2.75, 3.05) is 18.4 Å². The third-order valence-electron chi connectivity index (χ3n) is 3.15. The van der Waals surface area contributed by atoms with E-state index in [0.717, 1.165) is 43.5 Å². The van der Waals surface area contributed by atoms with Crippen LogP contribution in [-0.4, -0.2) is 21.5 Å². The largest absolute Gasteiger partial charge is 0.385 e. The maximum Gasteiger partial charge on any atom is 0.240 e. The molecule has 0 aromatic heterocycles. The predicted octanol–water partition coefficient (Wildman–Crippen LogP) is 2.12. The van der Waals surface area contributed by atoms with Crippen LogP contribution in [0.5, 0.6) is 0 Å². The third-order valence-corrected chi connectivity index (χ3v) is 4.61. The fourth-order valence-corrected chi connectivity index (χ4v) is 3.21. The highest BCUT2D eigenvalue weighted by atomic mass is 32.2. The Bertz CT molecular complexity index is 512. The van der Waals surface area contributed by atoms with Gasteiger partial charge in [0.1, 0.15) is 0 Å². The Hall–Kier alpha value is -1.07. The van der Waals surface area contributed by atoms with Gasteiger partial charge >= 0.3 is 0 Å². The molecule has 1 aromatic rings. The van der Waals surface area contributed by atoms with Crippen LogP contribution in [0.1, 0.15) is 31.7 Å². The highest BCUT2D eigenvalue weighted by molar-refractivity contribution is 7.89. The Morgan fingerprint density at radius 2 is 2.22 bits per heavy atom. The van der Waals surface area contributed by atoms with Gasteiger partial charge in [0.05, 0.1) is 4.90 Å². The van der Waals surface area contributed by atoms with Gasteiger partial charge in [0, 0.05) is 18.8 Å². The quantitative estimate of drug-likeness (QED) is 0.804. The zero-order chi connectivity index (χ0) is 13.0. The molecule has 18 heavy (non-hydrogen) atoms. The van der Waals surface area contributed by atoms with Crippen molar-refractivity contribution in [2.45, 2.75) is 37.5 Å². The summed E-state index contributed by atoms with van der Waals surface area (Å²) in [6.45, 7) is 3.51. The number of aryl methyl sites for hydroxylation is 1. The molecule has 0 bridgehead atoms. The van der Waals surface area contributed by atoms with Gasteiger partial charge in [-0.15, -0.1) is 0 Å². The molecular formula is C13H20N2O2S. The Labute approximate surface area is 109 Å². The molecule has 1 aromatic carbocycles. The molecule has 0 atom stereocenters. The van der Waals surface area contributed by atoms with Crippen LogP contribution < -0.4 is 10.0 Å². The first kappa shape index (κ1) is 13.4. The van der Waals surface area contributed by atoms with E-state index >= 15 is 0 Å². The van der Waals surface area contributed by atoms with E-state index < -0.39 is 10.0 Å². The lowest BCUT2D eigenvalue weighted by Crippen LogP contribution is -2.25. The molecule has 1 aliphatic rings. The second-order valence-electron chi connectivity index (χ2n) is 4.60. The average molecular weight is 268 g/mol. The van der Waals surface area contributed by atoms with Crippen molar-refractivity contribution in [3.8, 4) is 0 Å². The molecule has 0 fully saturated rings. The van der Waals surface area contributed by atoms with Gasteiger partial charge in [-0.1, -0.05) is 13.3 Å². The molecule has 5 heteroatoms. The minimum absolute atomic E-state index is 0.376. The number of anilines is 1. The van der Waals surface area contributed by atoms with Crippen molar-refractivity contribution in [1.29, 1.82) is 0 Å². The van der Waals surface area contributed by atoms with E-state index in [1.807, 2.05) is 13.0 Å². The molecule has 2 N–H and O–H groups in total. The van der Waals surface area contributed by atoms with Crippen molar-refractivity contribution >= 4 is 15.7 Å². The van der Waals surface area contributed by atoms with Crippen molar-refractivity contribution in [3.05, 3.63) is 23.8 Å². The number of fused-ring (bicyclic) bond motifs is 1. The van der Waals surface area contributed by atoms with Crippen molar-refractivity contribution in [3.63, 3.8) is 0 Å². The average Bonchev–Trinajstić information content (AvgIpc) is 2.38. The molecule has 0 unspecified atom stereocenters. The summed E-state index contributed by atoms with van der Waals surface area (Å²) in [5.74, 6) is 0. The smallest absolute Gasteiger partial charge is 0.240 e. The molecule has 2 rings (SSSR count). The van der Waals surface area contributed by atoms with Crippen LogP contribution >= 0.6 is 0 Å². The highest BCUT2D eigenvalue weighted by Crippen LogP contribution is 2.24. The fourth-order valence-electron chi connectivity index (χ4n) is 2.09. The van der Waals surface area contributed by atoms with E-state index in [2.05, 4.69) is 10.0 Å². The van der Waals surface area contributed by atoms with Crippen LogP contribution in [0.15, 0.2) is 23.1 Å². The van der Waals surface area contributed by atoms with Crippen LogP contribution in [0.4, 0.5) is 5.69 Å². The number of hydrogen-bond donors (Lipinski definition) is 2.